The van der Waals surface area contributed by atoms with E-state index in [1.165, 1.54) is 31.5 Å². The number of rotatable bonds is 6. The van der Waals surface area contributed by atoms with Gasteiger partial charge < -0.3 is 15.0 Å². The van der Waals surface area contributed by atoms with E-state index in [0.29, 0.717) is 6.04 Å². The second-order valence-electron chi connectivity index (χ2n) is 5.00. The first kappa shape index (κ1) is 13.4. The van der Waals surface area contributed by atoms with Crippen molar-refractivity contribution in [1.82, 2.24) is 10.2 Å². The van der Waals surface area contributed by atoms with Gasteiger partial charge in [-0.2, -0.15) is 0 Å². The fourth-order valence-electron chi connectivity index (χ4n) is 2.47. The molecular weight excluding hydrogens is 224 g/mol. The number of nitrogens with one attached hydrogen (secondary N) is 1. The van der Waals surface area contributed by atoms with E-state index in [4.69, 9.17) is 4.74 Å². The highest BCUT2D eigenvalue weighted by Gasteiger charge is 2.11. The first-order valence-corrected chi connectivity index (χ1v) is 6.89. The van der Waals surface area contributed by atoms with E-state index in [1.54, 1.807) is 7.11 Å². The number of likely N-dealkylation sites (tertiary alicyclic amines) is 1. The number of nitrogens with zero attached hydrogens (tertiary/aromatic N) is 1. The van der Waals surface area contributed by atoms with Crippen molar-refractivity contribution < 1.29 is 4.74 Å². The summed E-state index contributed by atoms with van der Waals surface area (Å²) in [7, 11) is 1.71. The van der Waals surface area contributed by atoms with Crippen molar-refractivity contribution in [2.75, 3.05) is 33.3 Å². The summed E-state index contributed by atoms with van der Waals surface area (Å²) in [6.07, 6.45) is 2.73. The van der Waals surface area contributed by atoms with Gasteiger partial charge in [0.1, 0.15) is 5.75 Å². The molecule has 1 N–H and O–H groups in total. The van der Waals surface area contributed by atoms with Crippen LogP contribution in [0.4, 0.5) is 0 Å². The Kier molecular flexibility index (Phi) is 5.02. The molecule has 1 aliphatic heterocycles. The van der Waals surface area contributed by atoms with Crippen LogP contribution < -0.4 is 10.1 Å². The van der Waals surface area contributed by atoms with Crippen LogP contribution in [0.25, 0.3) is 0 Å². The molecule has 1 saturated heterocycles. The summed E-state index contributed by atoms with van der Waals surface area (Å²) in [6, 6.07) is 8.67. The molecule has 1 fully saturated rings. The summed E-state index contributed by atoms with van der Waals surface area (Å²) in [6.45, 7) is 6.97. The molecule has 18 heavy (non-hydrogen) atoms. The van der Waals surface area contributed by atoms with Gasteiger partial charge in [0.15, 0.2) is 0 Å². The molecule has 1 aliphatic rings. The van der Waals surface area contributed by atoms with Gasteiger partial charge >= 0.3 is 0 Å². The molecule has 0 aromatic heterocycles. The fraction of sp³-hybridized carbons (Fsp3) is 0.600. The number of benzene rings is 1. The molecule has 3 nitrogen and oxygen atoms in total. The van der Waals surface area contributed by atoms with Gasteiger partial charge in [-0.25, -0.2) is 0 Å². The smallest absolute Gasteiger partial charge is 0.119 e. The topological polar surface area (TPSA) is 24.5 Å². The standard InChI is InChI=1S/C15H24N2O/c1-13(14-6-5-7-15(12-14)18-2)16-8-11-17-9-3-4-10-17/h5-7,12-13,16H,3-4,8-11H2,1-2H3/t13-/m0/s1. The third kappa shape index (κ3) is 3.72. The van der Waals surface area contributed by atoms with Crippen LogP contribution in [0.1, 0.15) is 31.4 Å². The maximum atomic E-state index is 5.25. The van der Waals surface area contributed by atoms with Gasteiger partial charge in [0.2, 0.25) is 0 Å². The summed E-state index contributed by atoms with van der Waals surface area (Å²) >= 11 is 0. The van der Waals surface area contributed by atoms with Gasteiger partial charge in [-0.15, -0.1) is 0 Å². The zero-order valence-electron chi connectivity index (χ0n) is 11.5. The van der Waals surface area contributed by atoms with Crippen molar-refractivity contribution in [3.8, 4) is 5.75 Å². The molecule has 2 rings (SSSR count). The summed E-state index contributed by atoms with van der Waals surface area (Å²) in [5, 5.41) is 3.58. The van der Waals surface area contributed by atoms with Crippen LogP contribution in [-0.4, -0.2) is 38.2 Å². The van der Waals surface area contributed by atoms with E-state index in [-0.39, 0.29) is 0 Å². The Morgan fingerprint density at radius 1 is 1.33 bits per heavy atom. The Balaban J connectivity index is 1.77. The normalized spacial score (nSPS) is 17.9. The highest BCUT2D eigenvalue weighted by molar-refractivity contribution is 5.30. The quantitative estimate of drug-likeness (QED) is 0.837. The Hall–Kier alpha value is -1.06. The minimum atomic E-state index is 0.378. The van der Waals surface area contributed by atoms with Crippen molar-refractivity contribution in [2.45, 2.75) is 25.8 Å². The number of hydrogen-bond acceptors (Lipinski definition) is 3. The molecule has 0 aliphatic carbocycles. The maximum Gasteiger partial charge on any atom is 0.119 e. The Morgan fingerprint density at radius 3 is 2.83 bits per heavy atom. The largest absolute Gasteiger partial charge is 0.497 e. The van der Waals surface area contributed by atoms with E-state index in [9.17, 15) is 0 Å². The first-order chi connectivity index (χ1) is 8.79. The fourth-order valence-corrected chi connectivity index (χ4v) is 2.47. The second kappa shape index (κ2) is 6.76. The van der Waals surface area contributed by atoms with Crippen molar-refractivity contribution in [3.63, 3.8) is 0 Å². The molecule has 0 unspecified atom stereocenters. The molecule has 1 aromatic rings. The molecule has 100 valence electrons. The molecule has 0 bridgehead atoms. The van der Waals surface area contributed by atoms with E-state index in [0.717, 1.165) is 18.8 Å². The summed E-state index contributed by atoms with van der Waals surface area (Å²) in [5.41, 5.74) is 1.29. The monoisotopic (exact) mass is 248 g/mol. The Labute approximate surface area is 110 Å². The van der Waals surface area contributed by atoms with E-state index >= 15 is 0 Å². The highest BCUT2D eigenvalue weighted by Crippen LogP contribution is 2.18. The molecule has 0 spiro atoms. The molecule has 1 heterocycles. The van der Waals surface area contributed by atoms with Crippen molar-refractivity contribution in [1.29, 1.82) is 0 Å². The zero-order chi connectivity index (χ0) is 12.8. The minimum Gasteiger partial charge on any atom is -0.497 e. The SMILES string of the molecule is COc1cccc([C@H](C)NCCN2CCCC2)c1. The van der Waals surface area contributed by atoms with Crippen LogP contribution in [0.15, 0.2) is 24.3 Å². The van der Waals surface area contributed by atoms with Crippen LogP contribution in [0.2, 0.25) is 0 Å². The van der Waals surface area contributed by atoms with Crippen LogP contribution >= 0.6 is 0 Å². The lowest BCUT2D eigenvalue weighted by Gasteiger charge is -2.19. The Morgan fingerprint density at radius 2 is 2.11 bits per heavy atom. The molecule has 0 radical (unpaired) electrons. The van der Waals surface area contributed by atoms with Crippen LogP contribution in [0.5, 0.6) is 5.75 Å². The lowest BCUT2D eigenvalue weighted by atomic mass is 10.1. The van der Waals surface area contributed by atoms with E-state index < -0.39 is 0 Å². The van der Waals surface area contributed by atoms with Gasteiger partial charge in [0.05, 0.1) is 7.11 Å². The molecule has 3 heteroatoms. The number of methoxy groups -OCH3 is 1. The first-order valence-electron chi connectivity index (χ1n) is 6.89. The number of ether oxygens (including phenoxy) is 1. The van der Waals surface area contributed by atoms with Gasteiger partial charge in [0, 0.05) is 19.1 Å². The van der Waals surface area contributed by atoms with Crippen molar-refractivity contribution >= 4 is 0 Å². The average Bonchev–Trinajstić information content (AvgIpc) is 2.92. The second-order valence-corrected chi connectivity index (χ2v) is 5.00. The summed E-state index contributed by atoms with van der Waals surface area (Å²) < 4.78 is 5.25. The predicted octanol–water partition coefficient (Wildman–Crippen LogP) is 2.44. The molecule has 0 amide bonds. The van der Waals surface area contributed by atoms with Crippen molar-refractivity contribution in [2.24, 2.45) is 0 Å². The number of hydrogen-bond donors (Lipinski definition) is 1. The third-order valence-electron chi connectivity index (χ3n) is 3.67. The van der Waals surface area contributed by atoms with Crippen molar-refractivity contribution in [3.05, 3.63) is 29.8 Å². The summed E-state index contributed by atoms with van der Waals surface area (Å²) in [4.78, 5) is 2.53. The van der Waals surface area contributed by atoms with Gasteiger partial charge in [-0.05, 0) is 50.6 Å². The minimum absolute atomic E-state index is 0.378. The maximum absolute atomic E-state index is 5.25. The van der Waals surface area contributed by atoms with Gasteiger partial charge in [0.25, 0.3) is 0 Å². The molecule has 1 aromatic carbocycles. The molecule has 1 atom stereocenters. The summed E-state index contributed by atoms with van der Waals surface area (Å²) in [5.74, 6) is 0.931. The lowest BCUT2D eigenvalue weighted by molar-refractivity contribution is 0.329. The average molecular weight is 248 g/mol. The van der Waals surface area contributed by atoms with E-state index in [1.807, 2.05) is 12.1 Å². The molecule has 0 saturated carbocycles. The van der Waals surface area contributed by atoms with Gasteiger partial charge in [-0.1, -0.05) is 12.1 Å². The molecular formula is C15H24N2O. The zero-order valence-corrected chi connectivity index (χ0v) is 11.5. The Bertz CT molecular complexity index is 361. The lowest BCUT2D eigenvalue weighted by Crippen LogP contribution is -2.31. The van der Waals surface area contributed by atoms with Gasteiger partial charge in [-0.3, -0.25) is 0 Å². The van der Waals surface area contributed by atoms with E-state index in [2.05, 4.69) is 29.3 Å². The highest BCUT2D eigenvalue weighted by atomic mass is 16.5. The predicted molar refractivity (Wildman–Crippen MR) is 75.1 cm³/mol. The van der Waals surface area contributed by atoms with Crippen LogP contribution in [0, 0.1) is 0 Å². The third-order valence-corrected chi connectivity index (χ3v) is 3.67. The van der Waals surface area contributed by atoms with Crippen LogP contribution in [-0.2, 0) is 0 Å². The van der Waals surface area contributed by atoms with Crippen LogP contribution in [0.3, 0.4) is 0 Å².